The van der Waals surface area contributed by atoms with Crippen molar-refractivity contribution in [3.05, 3.63) is 120 Å². The molecule has 0 radical (unpaired) electrons. The van der Waals surface area contributed by atoms with E-state index in [2.05, 4.69) is 116 Å². The maximum Gasteiger partial charge on any atom is -0.0000199 e. The summed E-state index contributed by atoms with van der Waals surface area (Å²) in [6.07, 6.45) is 1.22. The normalized spacial score (nSPS) is 20.7. The standard InChI is InChI=1S/C28H24/c1-28(26-18-16-24(17-19-26)22-10-6-3-7-11-22)20-27(28)25-14-12-23(13-15-25)21-8-4-2-5-9-21/h2-19,27H,20H2,1H3. The molecule has 0 saturated heterocycles. The minimum Gasteiger partial charge on any atom is -0.0622 e. The maximum absolute atomic E-state index is 2.40. The van der Waals surface area contributed by atoms with Crippen molar-refractivity contribution < 1.29 is 0 Å². The zero-order chi connectivity index (χ0) is 19.0. The molecule has 2 atom stereocenters. The fourth-order valence-corrected chi connectivity index (χ4v) is 4.38. The molecule has 4 aromatic carbocycles. The Morgan fingerprint density at radius 2 is 0.964 bits per heavy atom. The van der Waals surface area contributed by atoms with Gasteiger partial charge in [-0.2, -0.15) is 0 Å². The van der Waals surface area contributed by atoms with E-state index in [1.165, 1.54) is 39.8 Å². The van der Waals surface area contributed by atoms with Crippen LogP contribution in [0.2, 0.25) is 0 Å². The molecule has 0 nitrogen and oxygen atoms in total. The van der Waals surface area contributed by atoms with E-state index in [0.717, 1.165) is 0 Å². The monoisotopic (exact) mass is 360 g/mol. The van der Waals surface area contributed by atoms with Crippen molar-refractivity contribution in [2.45, 2.75) is 24.7 Å². The van der Waals surface area contributed by atoms with Gasteiger partial charge in [0.15, 0.2) is 0 Å². The Bertz CT molecular complexity index is 1060. The van der Waals surface area contributed by atoms with Crippen molar-refractivity contribution in [2.75, 3.05) is 0 Å². The second-order valence-electron chi connectivity index (χ2n) is 8.11. The third kappa shape index (κ3) is 3.05. The summed E-state index contributed by atoms with van der Waals surface area (Å²) >= 11 is 0. The van der Waals surface area contributed by atoms with Crippen molar-refractivity contribution in [1.29, 1.82) is 0 Å². The van der Waals surface area contributed by atoms with Gasteiger partial charge in [0.05, 0.1) is 0 Å². The summed E-state index contributed by atoms with van der Waals surface area (Å²) in [6.45, 7) is 2.40. The molecule has 1 fully saturated rings. The van der Waals surface area contributed by atoms with Gasteiger partial charge in [-0.05, 0) is 51.1 Å². The van der Waals surface area contributed by atoms with E-state index in [0.29, 0.717) is 5.92 Å². The molecule has 0 N–H and O–H groups in total. The van der Waals surface area contributed by atoms with Crippen molar-refractivity contribution in [1.82, 2.24) is 0 Å². The Kier molecular flexibility index (Phi) is 4.13. The number of rotatable bonds is 4. The fourth-order valence-electron chi connectivity index (χ4n) is 4.38. The quantitative estimate of drug-likeness (QED) is 0.354. The molecular formula is C28H24. The van der Waals surface area contributed by atoms with Crippen molar-refractivity contribution >= 4 is 0 Å². The van der Waals surface area contributed by atoms with Gasteiger partial charge < -0.3 is 0 Å². The molecule has 5 rings (SSSR count). The zero-order valence-corrected chi connectivity index (χ0v) is 16.2. The van der Waals surface area contributed by atoms with E-state index in [1.54, 1.807) is 0 Å². The molecule has 4 aromatic rings. The van der Waals surface area contributed by atoms with Crippen LogP contribution in [-0.2, 0) is 5.41 Å². The lowest BCUT2D eigenvalue weighted by molar-refractivity contribution is 0.749. The maximum atomic E-state index is 2.40. The summed E-state index contributed by atoms with van der Waals surface area (Å²) in [7, 11) is 0. The van der Waals surface area contributed by atoms with E-state index < -0.39 is 0 Å². The molecule has 1 aliphatic carbocycles. The Morgan fingerprint density at radius 1 is 0.536 bits per heavy atom. The molecule has 1 saturated carbocycles. The number of hydrogen-bond donors (Lipinski definition) is 0. The van der Waals surface area contributed by atoms with Crippen LogP contribution in [0.25, 0.3) is 22.3 Å². The average Bonchev–Trinajstić information content (AvgIpc) is 3.48. The Balaban J connectivity index is 1.35. The van der Waals surface area contributed by atoms with Crippen LogP contribution in [0.4, 0.5) is 0 Å². The van der Waals surface area contributed by atoms with E-state index in [1.807, 2.05) is 0 Å². The SMILES string of the molecule is CC1(c2ccc(-c3ccccc3)cc2)CC1c1ccc(-c2ccccc2)cc1. The van der Waals surface area contributed by atoms with Crippen LogP contribution in [0.5, 0.6) is 0 Å². The summed E-state index contributed by atoms with van der Waals surface area (Å²) in [6, 6.07) is 39.5. The van der Waals surface area contributed by atoms with Crippen LogP contribution < -0.4 is 0 Å². The minimum atomic E-state index is 0.253. The number of hydrogen-bond acceptors (Lipinski definition) is 0. The number of benzene rings is 4. The van der Waals surface area contributed by atoms with Gasteiger partial charge in [0.1, 0.15) is 0 Å². The van der Waals surface area contributed by atoms with Gasteiger partial charge in [-0.25, -0.2) is 0 Å². The van der Waals surface area contributed by atoms with Gasteiger partial charge in [-0.1, -0.05) is 116 Å². The molecule has 0 heterocycles. The molecule has 0 aromatic heterocycles. The molecule has 1 aliphatic rings. The molecule has 0 bridgehead atoms. The molecule has 0 aliphatic heterocycles. The van der Waals surface area contributed by atoms with E-state index in [-0.39, 0.29) is 5.41 Å². The highest BCUT2D eigenvalue weighted by atomic mass is 14.5. The second-order valence-corrected chi connectivity index (χ2v) is 8.11. The summed E-state index contributed by atoms with van der Waals surface area (Å²) in [5.74, 6) is 0.611. The van der Waals surface area contributed by atoms with E-state index in [9.17, 15) is 0 Å². The van der Waals surface area contributed by atoms with Crippen molar-refractivity contribution in [3.63, 3.8) is 0 Å². The smallest absolute Gasteiger partial charge is 0.0000199 e. The lowest BCUT2D eigenvalue weighted by Gasteiger charge is -2.14. The van der Waals surface area contributed by atoms with E-state index >= 15 is 0 Å². The van der Waals surface area contributed by atoms with Gasteiger partial charge >= 0.3 is 0 Å². The predicted molar refractivity (Wildman–Crippen MR) is 118 cm³/mol. The first-order valence-electron chi connectivity index (χ1n) is 10.1. The van der Waals surface area contributed by atoms with Gasteiger partial charge in [0, 0.05) is 0 Å². The Hall–Kier alpha value is -3.12. The van der Waals surface area contributed by atoms with Crippen molar-refractivity contribution in [3.8, 4) is 22.3 Å². The van der Waals surface area contributed by atoms with Gasteiger partial charge in [0.2, 0.25) is 0 Å². The zero-order valence-electron chi connectivity index (χ0n) is 16.2. The molecule has 0 heteroatoms. The highest BCUT2D eigenvalue weighted by Gasteiger charge is 2.51. The first-order valence-corrected chi connectivity index (χ1v) is 10.1. The highest BCUT2D eigenvalue weighted by molar-refractivity contribution is 5.65. The van der Waals surface area contributed by atoms with Crippen molar-refractivity contribution in [2.24, 2.45) is 0 Å². The Labute approximate surface area is 167 Å². The lowest BCUT2D eigenvalue weighted by atomic mass is 9.91. The van der Waals surface area contributed by atoms with Gasteiger partial charge in [-0.3, -0.25) is 0 Å². The summed E-state index contributed by atoms with van der Waals surface area (Å²) in [5.41, 5.74) is 8.30. The summed E-state index contributed by atoms with van der Waals surface area (Å²) in [5, 5.41) is 0. The first kappa shape index (κ1) is 17.0. The molecular weight excluding hydrogens is 336 g/mol. The van der Waals surface area contributed by atoms with Crippen LogP contribution in [0.3, 0.4) is 0 Å². The largest absolute Gasteiger partial charge is 0.0622 e. The fraction of sp³-hybridized carbons (Fsp3) is 0.143. The van der Waals surface area contributed by atoms with Crippen LogP contribution in [0.15, 0.2) is 109 Å². The summed E-state index contributed by atoms with van der Waals surface area (Å²) in [4.78, 5) is 0. The topological polar surface area (TPSA) is 0 Å². The Morgan fingerprint density at radius 3 is 1.46 bits per heavy atom. The van der Waals surface area contributed by atoms with Gasteiger partial charge in [0.25, 0.3) is 0 Å². The van der Waals surface area contributed by atoms with Crippen LogP contribution in [0.1, 0.15) is 30.4 Å². The molecule has 28 heavy (non-hydrogen) atoms. The third-order valence-corrected chi connectivity index (χ3v) is 6.31. The van der Waals surface area contributed by atoms with Crippen LogP contribution >= 0.6 is 0 Å². The molecule has 0 amide bonds. The molecule has 136 valence electrons. The minimum absolute atomic E-state index is 0.253. The van der Waals surface area contributed by atoms with Crippen LogP contribution in [0, 0.1) is 0 Å². The predicted octanol–water partition coefficient (Wildman–Crippen LogP) is 7.47. The van der Waals surface area contributed by atoms with Gasteiger partial charge in [-0.15, -0.1) is 0 Å². The second kappa shape index (κ2) is 6.80. The van der Waals surface area contributed by atoms with E-state index in [4.69, 9.17) is 0 Å². The highest BCUT2D eigenvalue weighted by Crippen LogP contribution is 2.60. The third-order valence-electron chi connectivity index (χ3n) is 6.31. The first-order chi connectivity index (χ1) is 13.7. The summed E-state index contributed by atoms with van der Waals surface area (Å²) < 4.78 is 0. The molecule has 0 spiro atoms. The van der Waals surface area contributed by atoms with Crippen LogP contribution in [-0.4, -0.2) is 0 Å². The average molecular weight is 361 g/mol. The molecule has 2 unspecified atom stereocenters. The lowest BCUT2D eigenvalue weighted by Crippen LogP contribution is -2.03.